The molecule has 1 amide bonds. The van der Waals surface area contributed by atoms with Gasteiger partial charge in [-0.25, -0.2) is 4.39 Å². The lowest BCUT2D eigenvalue weighted by molar-refractivity contribution is -0.129. The van der Waals surface area contributed by atoms with Gasteiger partial charge >= 0.3 is 0 Å². The van der Waals surface area contributed by atoms with Crippen molar-refractivity contribution in [2.75, 3.05) is 31.5 Å². The van der Waals surface area contributed by atoms with E-state index < -0.39 is 0 Å². The standard InChI is InChI=1S/C26H33FN4OS/c1-19(20-7-3-2-4-8-20)28-25(32)24(21-9-5-6-10-21)30-15-17-31(18-16-30)26(33)29-23-13-11-22(27)12-14-23/h2-4,7-8,11-14,19,21,24H,5-6,9-10,15-18H2,1H3,(H,28,32)(H,29,33)/t19-,24-/m0/s1. The first-order chi connectivity index (χ1) is 16.0. The van der Waals surface area contributed by atoms with Gasteiger partial charge in [-0.3, -0.25) is 9.69 Å². The van der Waals surface area contributed by atoms with Crippen LogP contribution in [-0.4, -0.2) is 53.0 Å². The third kappa shape index (κ3) is 6.09. The smallest absolute Gasteiger partial charge is 0.238 e. The maximum absolute atomic E-state index is 13.5. The number of carbonyl (C=O) groups excluding carboxylic acids is 1. The maximum Gasteiger partial charge on any atom is 0.238 e. The molecule has 2 aromatic carbocycles. The molecule has 2 atom stereocenters. The summed E-state index contributed by atoms with van der Waals surface area (Å²) in [5.41, 5.74) is 1.90. The molecule has 2 N–H and O–H groups in total. The van der Waals surface area contributed by atoms with E-state index in [0.29, 0.717) is 11.0 Å². The van der Waals surface area contributed by atoms with Crippen LogP contribution >= 0.6 is 12.2 Å². The van der Waals surface area contributed by atoms with Crippen LogP contribution in [0.5, 0.6) is 0 Å². The monoisotopic (exact) mass is 468 g/mol. The third-order valence-corrected chi connectivity index (χ3v) is 7.22. The Morgan fingerprint density at radius 1 is 1.00 bits per heavy atom. The molecular formula is C26H33FN4OS. The molecule has 0 spiro atoms. The van der Waals surface area contributed by atoms with Crippen molar-refractivity contribution >= 4 is 28.9 Å². The fraction of sp³-hybridized carbons (Fsp3) is 0.462. The van der Waals surface area contributed by atoms with Gasteiger partial charge in [0.25, 0.3) is 0 Å². The molecule has 0 bridgehead atoms. The molecule has 4 rings (SSSR count). The number of amides is 1. The van der Waals surface area contributed by atoms with Crippen molar-refractivity contribution in [3.8, 4) is 0 Å². The van der Waals surface area contributed by atoms with Crippen LogP contribution in [0.15, 0.2) is 54.6 Å². The van der Waals surface area contributed by atoms with Crippen molar-refractivity contribution in [2.45, 2.75) is 44.7 Å². The number of anilines is 1. The zero-order valence-corrected chi connectivity index (χ0v) is 20.0. The second-order valence-electron chi connectivity index (χ2n) is 9.09. The number of hydrogen-bond donors (Lipinski definition) is 2. The predicted octanol–water partition coefficient (Wildman–Crippen LogP) is 4.58. The van der Waals surface area contributed by atoms with Gasteiger partial charge in [-0.1, -0.05) is 43.2 Å². The summed E-state index contributed by atoms with van der Waals surface area (Å²) in [5, 5.41) is 7.12. The molecule has 1 heterocycles. The van der Waals surface area contributed by atoms with Crippen molar-refractivity contribution in [3.63, 3.8) is 0 Å². The second-order valence-corrected chi connectivity index (χ2v) is 9.48. The van der Waals surface area contributed by atoms with Gasteiger partial charge in [0.2, 0.25) is 5.91 Å². The highest BCUT2D eigenvalue weighted by Crippen LogP contribution is 2.31. The molecule has 0 radical (unpaired) electrons. The van der Waals surface area contributed by atoms with Gasteiger partial charge in [-0.2, -0.15) is 0 Å². The quantitative estimate of drug-likeness (QED) is 0.608. The van der Waals surface area contributed by atoms with E-state index in [1.807, 2.05) is 18.2 Å². The van der Waals surface area contributed by atoms with Crippen LogP contribution in [0.3, 0.4) is 0 Å². The highest BCUT2D eigenvalue weighted by atomic mass is 32.1. The lowest BCUT2D eigenvalue weighted by atomic mass is 9.94. The van der Waals surface area contributed by atoms with Crippen LogP contribution in [0, 0.1) is 11.7 Å². The van der Waals surface area contributed by atoms with Gasteiger partial charge in [0.15, 0.2) is 5.11 Å². The first-order valence-corrected chi connectivity index (χ1v) is 12.3. The number of carbonyl (C=O) groups is 1. The highest BCUT2D eigenvalue weighted by molar-refractivity contribution is 7.80. The zero-order valence-electron chi connectivity index (χ0n) is 19.2. The minimum absolute atomic E-state index is 0.0172. The summed E-state index contributed by atoms with van der Waals surface area (Å²) in [6, 6.07) is 16.2. The number of hydrogen-bond acceptors (Lipinski definition) is 3. The molecule has 2 aliphatic rings. The van der Waals surface area contributed by atoms with Gasteiger partial charge in [-0.05, 0) is 67.7 Å². The van der Waals surface area contributed by atoms with E-state index in [2.05, 4.69) is 39.5 Å². The molecule has 2 fully saturated rings. The average Bonchev–Trinajstić information content (AvgIpc) is 3.36. The molecule has 1 saturated heterocycles. The average molecular weight is 469 g/mol. The second kappa shape index (κ2) is 11.1. The normalized spacial score (nSPS) is 19.2. The number of nitrogens with one attached hydrogen (secondary N) is 2. The van der Waals surface area contributed by atoms with E-state index in [1.165, 1.54) is 25.0 Å². The van der Waals surface area contributed by atoms with Crippen molar-refractivity contribution in [3.05, 3.63) is 66.0 Å². The minimum Gasteiger partial charge on any atom is -0.348 e. The van der Waals surface area contributed by atoms with E-state index in [0.717, 1.165) is 50.3 Å². The summed E-state index contributed by atoms with van der Waals surface area (Å²) in [7, 11) is 0. The lowest BCUT2D eigenvalue weighted by Crippen LogP contribution is -2.58. The summed E-state index contributed by atoms with van der Waals surface area (Å²) in [6.07, 6.45) is 4.63. The first kappa shape index (κ1) is 23.6. The molecule has 1 aliphatic carbocycles. The van der Waals surface area contributed by atoms with E-state index >= 15 is 0 Å². The maximum atomic E-state index is 13.5. The summed E-state index contributed by atoms with van der Waals surface area (Å²) < 4.78 is 13.2. The Morgan fingerprint density at radius 2 is 1.64 bits per heavy atom. The Bertz CT molecular complexity index is 925. The summed E-state index contributed by atoms with van der Waals surface area (Å²) >= 11 is 5.59. The largest absolute Gasteiger partial charge is 0.348 e. The Morgan fingerprint density at radius 3 is 2.27 bits per heavy atom. The van der Waals surface area contributed by atoms with E-state index in [-0.39, 0.29) is 23.8 Å². The topological polar surface area (TPSA) is 47.6 Å². The summed E-state index contributed by atoms with van der Waals surface area (Å²) in [6.45, 7) is 5.16. The molecule has 7 heteroatoms. The van der Waals surface area contributed by atoms with Crippen LogP contribution in [-0.2, 0) is 4.79 Å². The Balaban J connectivity index is 1.36. The molecule has 176 valence electrons. The van der Waals surface area contributed by atoms with E-state index in [4.69, 9.17) is 12.2 Å². The van der Waals surface area contributed by atoms with Crippen molar-refractivity contribution in [1.82, 2.24) is 15.1 Å². The molecule has 33 heavy (non-hydrogen) atoms. The van der Waals surface area contributed by atoms with Crippen molar-refractivity contribution in [1.29, 1.82) is 0 Å². The van der Waals surface area contributed by atoms with Gasteiger partial charge in [0, 0.05) is 31.9 Å². The van der Waals surface area contributed by atoms with Gasteiger partial charge in [0.05, 0.1) is 12.1 Å². The van der Waals surface area contributed by atoms with Gasteiger partial charge in [0.1, 0.15) is 5.82 Å². The van der Waals surface area contributed by atoms with Crippen LogP contribution in [0.1, 0.15) is 44.2 Å². The molecule has 2 aromatic rings. The summed E-state index contributed by atoms with van der Waals surface area (Å²) in [4.78, 5) is 17.9. The molecule has 5 nitrogen and oxygen atoms in total. The number of piperazine rings is 1. The lowest BCUT2D eigenvalue weighted by Gasteiger charge is -2.41. The Labute approximate surface area is 201 Å². The molecule has 1 saturated carbocycles. The number of rotatable bonds is 6. The van der Waals surface area contributed by atoms with Gasteiger partial charge in [-0.15, -0.1) is 0 Å². The number of thiocarbonyl (C=S) groups is 1. The molecule has 0 unspecified atom stereocenters. The zero-order chi connectivity index (χ0) is 23.2. The van der Waals surface area contributed by atoms with E-state index in [9.17, 15) is 9.18 Å². The number of halogens is 1. The van der Waals surface area contributed by atoms with E-state index in [1.54, 1.807) is 12.1 Å². The number of benzene rings is 2. The van der Waals surface area contributed by atoms with Crippen LogP contribution in [0.25, 0.3) is 0 Å². The first-order valence-electron chi connectivity index (χ1n) is 11.9. The molecular weight excluding hydrogens is 435 g/mol. The third-order valence-electron chi connectivity index (χ3n) is 6.86. The Kier molecular flexibility index (Phi) is 7.93. The van der Waals surface area contributed by atoms with Gasteiger partial charge < -0.3 is 15.5 Å². The van der Waals surface area contributed by atoms with Crippen molar-refractivity contribution < 1.29 is 9.18 Å². The van der Waals surface area contributed by atoms with Crippen LogP contribution in [0.4, 0.5) is 10.1 Å². The van der Waals surface area contributed by atoms with Crippen molar-refractivity contribution in [2.24, 2.45) is 5.92 Å². The van der Waals surface area contributed by atoms with Crippen LogP contribution in [0.2, 0.25) is 0 Å². The minimum atomic E-state index is -0.266. The number of nitrogens with zero attached hydrogens (tertiary/aromatic N) is 2. The SMILES string of the molecule is C[C@H](NC(=O)[C@H](C1CCCC1)N1CCN(C(=S)Nc2ccc(F)cc2)CC1)c1ccccc1. The van der Waals surface area contributed by atoms with Crippen LogP contribution < -0.4 is 10.6 Å². The predicted molar refractivity (Wildman–Crippen MR) is 135 cm³/mol. The highest BCUT2D eigenvalue weighted by Gasteiger charge is 2.37. The Hall–Kier alpha value is -2.51. The fourth-order valence-electron chi connectivity index (χ4n) is 5.01. The molecule has 0 aromatic heterocycles. The summed E-state index contributed by atoms with van der Waals surface area (Å²) in [5.74, 6) is 0.278. The fourth-order valence-corrected chi connectivity index (χ4v) is 5.31. The molecule has 1 aliphatic heterocycles.